The van der Waals surface area contributed by atoms with Gasteiger partial charge in [-0.05, 0) is 12.8 Å². The Bertz CT molecular complexity index is 250. The predicted molar refractivity (Wildman–Crippen MR) is 46.7 cm³/mol. The van der Waals surface area contributed by atoms with Gasteiger partial charge >= 0.3 is 0 Å². The first-order chi connectivity index (χ1) is 5.88. The third kappa shape index (κ3) is 1.61. The molecule has 0 bridgehead atoms. The fourth-order valence-corrected chi connectivity index (χ4v) is 1.28. The average molecular weight is 166 g/mol. The first-order valence-electron chi connectivity index (χ1n) is 4.35. The second kappa shape index (κ2) is 4.16. The Morgan fingerprint density at radius 2 is 2.25 bits per heavy atom. The van der Waals surface area contributed by atoms with Crippen LogP contribution in [0.1, 0.15) is 37.6 Å². The molecule has 2 rings (SSSR count). The van der Waals surface area contributed by atoms with Crippen molar-refractivity contribution in [3.8, 4) is 0 Å². The Morgan fingerprint density at radius 3 is 2.92 bits per heavy atom. The van der Waals surface area contributed by atoms with E-state index in [1.54, 1.807) is 6.20 Å². The van der Waals surface area contributed by atoms with Gasteiger partial charge in [0.1, 0.15) is 6.33 Å². The van der Waals surface area contributed by atoms with Crippen LogP contribution < -0.4 is 0 Å². The Balaban J connectivity index is 0.000000336. The van der Waals surface area contributed by atoms with E-state index >= 15 is 0 Å². The molecule has 3 nitrogen and oxygen atoms in total. The lowest BCUT2D eigenvalue weighted by Gasteiger charge is -1.98. The minimum Gasteiger partial charge on any atom is -0.388 e. The number of hydrogen-bond acceptors (Lipinski definition) is 3. The fraction of sp³-hybridized carbons (Fsp3) is 0.556. The molecule has 1 aliphatic rings. The molecule has 66 valence electrons. The van der Waals surface area contributed by atoms with Gasteiger partial charge in [-0.15, -0.1) is 0 Å². The molecule has 0 fully saturated rings. The monoisotopic (exact) mass is 166 g/mol. The van der Waals surface area contributed by atoms with Gasteiger partial charge in [-0.25, -0.2) is 9.97 Å². The molecule has 0 saturated carbocycles. The molecule has 0 aromatic carbocycles. The molecule has 0 aliphatic heterocycles. The highest BCUT2D eigenvalue weighted by Crippen LogP contribution is 2.27. The molecule has 12 heavy (non-hydrogen) atoms. The number of aliphatic hydroxyl groups excluding tert-OH is 1. The van der Waals surface area contributed by atoms with Crippen LogP contribution in [0.5, 0.6) is 0 Å². The van der Waals surface area contributed by atoms with E-state index in [1.165, 1.54) is 6.33 Å². The van der Waals surface area contributed by atoms with Gasteiger partial charge in [0.15, 0.2) is 0 Å². The van der Waals surface area contributed by atoms with E-state index in [0.717, 1.165) is 24.1 Å². The van der Waals surface area contributed by atoms with Crippen molar-refractivity contribution in [1.82, 2.24) is 9.97 Å². The highest BCUT2D eigenvalue weighted by Gasteiger charge is 2.20. The van der Waals surface area contributed by atoms with Crippen molar-refractivity contribution < 1.29 is 5.11 Å². The lowest BCUT2D eigenvalue weighted by atomic mass is 10.2. The molecule has 0 amide bonds. The summed E-state index contributed by atoms with van der Waals surface area (Å²) in [6.07, 6.45) is 4.58. The van der Waals surface area contributed by atoms with Crippen LogP contribution in [0.2, 0.25) is 0 Å². The first-order valence-corrected chi connectivity index (χ1v) is 4.35. The van der Waals surface area contributed by atoms with E-state index < -0.39 is 0 Å². The zero-order valence-electron chi connectivity index (χ0n) is 7.49. The van der Waals surface area contributed by atoms with Crippen molar-refractivity contribution >= 4 is 0 Å². The van der Waals surface area contributed by atoms with Gasteiger partial charge in [0.05, 0.1) is 6.10 Å². The van der Waals surface area contributed by atoms with E-state index in [0.29, 0.717) is 0 Å². The molecule has 1 unspecified atom stereocenters. The molecule has 1 aliphatic carbocycles. The highest BCUT2D eigenvalue weighted by atomic mass is 16.3. The molecule has 1 heterocycles. The van der Waals surface area contributed by atoms with Crippen LogP contribution in [-0.2, 0) is 6.42 Å². The van der Waals surface area contributed by atoms with Crippen LogP contribution in [0.25, 0.3) is 0 Å². The minimum absolute atomic E-state index is 0.323. The van der Waals surface area contributed by atoms with Crippen molar-refractivity contribution in [3.63, 3.8) is 0 Å². The number of nitrogens with zero attached hydrogens (tertiary/aromatic N) is 2. The SMILES string of the molecule is CC.OC1CCc2ncncc21. The van der Waals surface area contributed by atoms with Crippen molar-refractivity contribution in [2.45, 2.75) is 32.8 Å². The molecule has 1 atom stereocenters. The summed E-state index contributed by atoms with van der Waals surface area (Å²) < 4.78 is 0. The third-order valence-electron chi connectivity index (χ3n) is 1.84. The van der Waals surface area contributed by atoms with Crippen LogP contribution >= 0.6 is 0 Å². The molecule has 0 saturated heterocycles. The lowest BCUT2D eigenvalue weighted by molar-refractivity contribution is 0.179. The van der Waals surface area contributed by atoms with Gasteiger partial charge in [0.25, 0.3) is 0 Å². The molecule has 1 aromatic heterocycles. The van der Waals surface area contributed by atoms with E-state index in [9.17, 15) is 5.11 Å². The van der Waals surface area contributed by atoms with Crippen LogP contribution in [0.15, 0.2) is 12.5 Å². The second-order valence-corrected chi connectivity index (χ2v) is 2.48. The summed E-state index contributed by atoms with van der Waals surface area (Å²) in [6, 6.07) is 0. The number of hydrogen-bond donors (Lipinski definition) is 1. The van der Waals surface area contributed by atoms with Gasteiger partial charge in [-0.2, -0.15) is 0 Å². The normalized spacial score (nSPS) is 19.4. The molecular formula is C9H14N2O. The maximum atomic E-state index is 9.30. The Morgan fingerprint density at radius 1 is 1.50 bits per heavy atom. The summed E-state index contributed by atoms with van der Waals surface area (Å²) >= 11 is 0. The van der Waals surface area contributed by atoms with Crippen LogP contribution in [0, 0.1) is 0 Å². The Kier molecular flexibility index (Phi) is 3.17. The van der Waals surface area contributed by atoms with Crippen molar-refractivity contribution in [1.29, 1.82) is 0 Å². The lowest BCUT2D eigenvalue weighted by Crippen LogP contribution is -1.92. The zero-order chi connectivity index (χ0) is 8.97. The molecule has 0 radical (unpaired) electrons. The van der Waals surface area contributed by atoms with E-state index in [-0.39, 0.29) is 6.10 Å². The van der Waals surface area contributed by atoms with Crippen molar-refractivity contribution in [2.75, 3.05) is 0 Å². The number of aryl methyl sites for hydroxylation is 1. The smallest absolute Gasteiger partial charge is 0.115 e. The molecular weight excluding hydrogens is 152 g/mol. The molecule has 3 heteroatoms. The van der Waals surface area contributed by atoms with Gasteiger partial charge in [0, 0.05) is 17.5 Å². The van der Waals surface area contributed by atoms with Gasteiger partial charge in [0.2, 0.25) is 0 Å². The summed E-state index contributed by atoms with van der Waals surface area (Å²) in [5, 5.41) is 9.30. The quantitative estimate of drug-likeness (QED) is 0.635. The summed E-state index contributed by atoms with van der Waals surface area (Å²) in [7, 11) is 0. The number of fused-ring (bicyclic) bond motifs is 1. The van der Waals surface area contributed by atoms with E-state index in [1.807, 2.05) is 13.8 Å². The Labute approximate surface area is 72.5 Å². The van der Waals surface area contributed by atoms with Gasteiger partial charge in [-0.3, -0.25) is 0 Å². The maximum absolute atomic E-state index is 9.30. The number of aliphatic hydroxyl groups is 1. The predicted octanol–water partition coefficient (Wildman–Crippen LogP) is 1.48. The standard InChI is InChI=1S/C7H8N2O.C2H6/c10-7-2-1-6-5(7)3-8-4-9-6;1-2/h3-4,7,10H,1-2H2;1-2H3. The third-order valence-corrected chi connectivity index (χ3v) is 1.84. The zero-order valence-corrected chi connectivity index (χ0v) is 7.49. The first kappa shape index (κ1) is 9.13. The second-order valence-electron chi connectivity index (χ2n) is 2.48. The maximum Gasteiger partial charge on any atom is 0.115 e. The summed E-state index contributed by atoms with van der Waals surface area (Å²) in [6.45, 7) is 4.00. The number of rotatable bonds is 0. The Hall–Kier alpha value is -0.960. The molecule has 0 spiro atoms. The number of aromatic nitrogens is 2. The van der Waals surface area contributed by atoms with E-state index in [4.69, 9.17) is 0 Å². The minimum atomic E-state index is -0.323. The molecule has 1 N–H and O–H groups in total. The summed E-state index contributed by atoms with van der Waals surface area (Å²) in [5.74, 6) is 0. The van der Waals surface area contributed by atoms with Gasteiger partial charge < -0.3 is 5.11 Å². The van der Waals surface area contributed by atoms with Crippen LogP contribution in [0.4, 0.5) is 0 Å². The summed E-state index contributed by atoms with van der Waals surface area (Å²) in [4.78, 5) is 7.87. The molecule has 1 aromatic rings. The topological polar surface area (TPSA) is 46.0 Å². The van der Waals surface area contributed by atoms with Crippen molar-refractivity contribution in [2.24, 2.45) is 0 Å². The fourth-order valence-electron chi connectivity index (χ4n) is 1.28. The van der Waals surface area contributed by atoms with E-state index in [2.05, 4.69) is 9.97 Å². The largest absolute Gasteiger partial charge is 0.388 e. The van der Waals surface area contributed by atoms with Gasteiger partial charge in [-0.1, -0.05) is 13.8 Å². The van der Waals surface area contributed by atoms with Crippen molar-refractivity contribution in [3.05, 3.63) is 23.8 Å². The highest BCUT2D eigenvalue weighted by molar-refractivity contribution is 5.23. The van der Waals surface area contributed by atoms with Crippen LogP contribution in [-0.4, -0.2) is 15.1 Å². The summed E-state index contributed by atoms with van der Waals surface area (Å²) in [5.41, 5.74) is 1.91. The average Bonchev–Trinajstić information content (AvgIpc) is 2.53. The van der Waals surface area contributed by atoms with Crippen LogP contribution in [0.3, 0.4) is 0 Å².